The maximum absolute atomic E-state index is 12.5. The average molecular weight is 256 g/mol. The van der Waals surface area contributed by atoms with E-state index in [4.69, 9.17) is 14.6 Å². The minimum atomic E-state index is -4.70. The molecule has 0 unspecified atom stereocenters. The molecule has 0 bridgehead atoms. The zero-order valence-corrected chi connectivity index (χ0v) is 9.58. The van der Waals surface area contributed by atoms with Crippen LogP contribution in [0.3, 0.4) is 0 Å². The summed E-state index contributed by atoms with van der Waals surface area (Å²) in [5, 5.41) is 8.36. The van der Waals surface area contributed by atoms with Gasteiger partial charge >= 0.3 is 12.1 Å². The maximum Gasteiger partial charge on any atom is 0.413 e. The summed E-state index contributed by atoms with van der Waals surface area (Å²) in [6.07, 6.45) is -6.30. The molecule has 0 heterocycles. The van der Waals surface area contributed by atoms with Crippen LogP contribution in [0.4, 0.5) is 13.2 Å². The Kier molecular flexibility index (Phi) is 6.82. The van der Waals surface area contributed by atoms with E-state index >= 15 is 0 Å². The van der Waals surface area contributed by atoms with Crippen molar-refractivity contribution < 1.29 is 32.5 Å². The van der Waals surface area contributed by atoms with E-state index in [2.05, 4.69) is 0 Å². The SMILES string of the molecule is CCOC(C/C(=C\C(=O)O)C(F)(F)F)OCC. The molecule has 7 heteroatoms. The topological polar surface area (TPSA) is 55.8 Å². The highest BCUT2D eigenvalue weighted by atomic mass is 19.4. The summed E-state index contributed by atoms with van der Waals surface area (Å²) in [6, 6.07) is 0. The van der Waals surface area contributed by atoms with Crippen LogP contribution < -0.4 is 0 Å². The molecule has 17 heavy (non-hydrogen) atoms. The smallest absolute Gasteiger partial charge is 0.413 e. The molecule has 0 aromatic heterocycles. The molecule has 0 amide bonds. The molecule has 4 nitrogen and oxygen atoms in total. The Morgan fingerprint density at radius 1 is 1.29 bits per heavy atom. The molecule has 0 aromatic carbocycles. The molecular formula is C10H15F3O4. The Morgan fingerprint density at radius 3 is 2.06 bits per heavy atom. The molecule has 0 aromatic rings. The van der Waals surface area contributed by atoms with Crippen molar-refractivity contribution >= 4 is 5.97 Å². The molecule has 0 rings (SSSR count). The van der Waals surface area contributed by atoms with E-state index in [-0.39, 0.29) is 19.3 Å². The molecule has 1 N–H and O–H groups in total. The van der Waals surface area contributed by atoms with Gasteiger partial charge in [-0.25, -0.2) is 4.79 Å². The van der Waals surface area contributed by atoms with Gasteiger partial charge in [-0.2, -0.15) is 13.2 Å². The Labute approximate surface area is 97.0 Å². The summed E-state index contributed by atoms with van der Waals surface area (Å²) in [6.45, 7) is 3.59. The van der Waals surface area contributed by atoms with Crippen molar-refractivity contribution in [3.63, 3.8) is 0 Å². The van der Waals surface area contributed by atoms with Gasteiger partial charge in [0.15, 0.2) is 6.29 Å². The predicted octanol–water partition coefficient (Wildman–Crippen LogP) is 2.35. The van der Waals surface area contributed by atoms with Gasteiger partial charge in [0.05, 0.1) is 0 Å². The first kappa shape index (κ1) is 15.9. The van der Waals surface area contributed by atoms with Crippen molar-refractivity contribution in [3.05, 3.63) is 11.6 Å². The minimum absolute atomic E-state index is 0.130. The van der Waals surface area contributed by atoms with E-state index in [1.807, 2.05) is 0 Å². The van der Waals surface area contributed by atoms with Crippen LogP contribution in [0.2, 0.25) is 0 Å². The molecule has 0 saturated heterocycles. The fourth-order valence-corrected chi connectivity index (χ4v) is 1.12. The van der Waals surface area contributed by atoms with E-state index in [0.29, 0.717) is 0 Å². The van der Waals surface area contributed by atoms with Crippen LogP contribution in [0, 0.1) is 0 Å². The van der Waals surface area contributed by atoms with E-state index in [0.717, 1.165) is 0 Å². The monoisotopic (exact) mass is 256 g/mol. The lowest BCUT2D eigenvalue weighted by atomic mass is 10.1. The zero-order valence-electron chi connectivity index (χ0n) is 9.58. The van der Waals surface area contributed by atoms with Gasteiger partial charge in [-0.1, -0.05) is 0 Å². The molecule has 0 radical (unpaired) electrons. The molecule has 0 atom stereocenters. The summed E-state index contributed by atoms with van der Waals surface area (Å²) in [5.74, 6) is -1.65. The zero-order chi connectivity index (χ0) is 13.5. The fourth-order valence-electron chi connectivity index (χ4n) is 1.12. The summed E-state index contributed by atoms with van der Waals surface area (Å²) < 4.78 is 47.3. The van der Waals surface area contributed by atoms with E-state index in [1.54, 1.807) is 13.8 Å². The first-order valence-corrected chi connectivity index (χ1v) is 5.05. The molecule has 0 saturated carbocycles. The standard InChI is InChI=1S/C10H15F3O4/c1-3-16-9(17-4-2)6-7(5-8(14)15)10(11,12)13/h5,9H,3-4,6H2,1-2H3,(H,14,15)/b7-5+. The molecule has 0 aliphatic rings. The summed E-state index contributed by atoms with van der Waals surface area (Å²) >= 11 is 0. The summed E-state index contributed by atoms with van der Waals surface area (Å²) in [5.41, 5.74) is -1.18. The van der Waals surface area contributed by atoms with Crippen LogP contribution in [-0.4, -0.2) is 36.8 Å². The third kappa shape index (κ3) is 6.96. The fraction of sp³-hybridized carbons (Fsp3) is 0.700. The number of hydrogen-bond acceptors (Lipinski definition) is 3. The van der Waals surface area contributed by atoms with Gasteiger partial charge in [0.25, 0.3) is 0 Å². The van der Waals surface area contributed by atoms with Crippen molar-refractivity contribution in [2.45, 2.75) is 32.7 Å². The van der Waals surface area contributed by atoms with Crippen molar-refractivity contribution in [2.24, 2.45) is 0 Å². The highest BCUT2D eigenvalue weighted by Gasteiger charge is 2.36. The van der Waals surface area contributed by atoms with Crippen molar-refractivity contribution in [3.8, 4) is 0 Å². The molecule has 0 aliphatic heterocycles. The normalized spacial score (nSPS) is 13.2. The molecule has 0 aliphatic carbocycles. The van der Waals surface area contributed by atoms with Crippen molar-refractivity contribution in [2.75, 3.05) is 13.2 Å². The second kappa shape index (κ2) is 7.29. The van der Waals surface area contributed by atoms with Crippen LogP contribution >= 0.6 is 0 Å². The number of aliphatic carboxylic acids is 1. The number of carbonyl (C=O) groups is 1. The maximum atomic E-state index is 12.5. The minimum Gasteiger partial charge on any atom is -0.478 e. The van der Waals surface area contributed by atoms with Crippen molar-refractivity contribution in [1.29, 1.82) is 0 Å². The first-order valence-electron chi connectivity index (χ1n) is 5.05. The third-order valence-electron chi connectivity index (χ3n) is 1.75. The van der Waals surface area contributed by atoms with Crippen LogP contribution in [0.5, 0.6) is 0 Å². The van der Waals surface area contributed by atoms with Gasteiger partial charge < -0.3 is 14.6 Å². The largest absolute Gasteiger partial charge is 0.478 e. The number of halogens is 3. The average Bonchev–Trinajstić information content (AvgIpc) is 2.15. The van der Waals surface area contributed by atoms with E-state index in [1.165, 1.54) is 0 Å². The van der Waals surface area contributed by atoms with Crippen LogP contribution in [0.25, 0.3) is 0 Å². The number of alkyl halides is 3. The van der Waals surface area contributed by atoms with Gasteiger partial charge in [-0.3, -0.25) is 0 Å². The van der Waals surface area contributed by atoms with Gasteiger partial charge in [0, 0.05) is 31.3 Å². The highest BCUT2D eigenvalue weighted by Crippen LogP contribution is 2.29. The van der Waals surface area contributed by atoms with Crippen LogP contribution in [0.1, 0.15) is 20.3 Å². The lowest BCUT2D eigenvalue weighted by Crippen LogP contribution is -2.24. The summed E-state index contributed by atoms with van der Waals surface area (Å²) in [7, 11) is 0. The Bertz CT molecular complexity index is 267. The Hall–Kier alpha value is -1.08. The Balaban J connectivity index is 4.77. The highest BCUT2D eigenvalue weighted by molar-refractivity contribution is 5.80. The second-order valence-corrected chi connectivity index (χ2v) is 3.05. The first-order chi connectivity index (χ1) is 7.81. The van der Waals surface area contributed by atoms with Crippen molar-refractivity contribution in [1.82, 2.24) is 0 Å². The van der Waals surface area contributed by atoms with Gasteiger partial charge in [0.2, 0.25) is 0 Å². The van der Waals surface area contributed by atoms with Crippen LogP contribution in [0.15, 0.2) is 11.6 Å². The van der Waals surface area contributed by atoms with Gasteiger partial charge in [-0.05, 0) is 13.8 Å². The molecule has 100 valence electrons. The van der Waals surface area contributed by atoms with Gasteiger partial charge in [0.1, 0.15) is 0 Å². The summed E-state index contributed by atoms with van der Waals surface area (Å²) in [4.78, 5) is 10.3. The molecular weight excluding hydrogens is 241 g/mol. The quantitative estimate of drug-likeness (QED) is 0.561. The number of ether oxygens (including phenoxy) is 2. The Morgan fingerprint density at radius 2 is 1.76 bits per heavy atom. The molecule has 0 spiro atoms. The van der Waals surface area contributed by atoms with E-state index in [9.17, 15) is 18.0 Å². The number of carboxylic acid groups (broad SMARTS) is 1. The predicted molar refractivity (Wildman–Crippen MR) is 53.4 cm³/mol. The lowest BCUT2D eigenvalue weighted by Gasteiger charge is -2.19. The molecule has 0 fully saturated rings. The van der Waals surface area contributed by atoms with Gasteiger partial charge in [-0.15, -0.1) is 0 Å². The van der Waals surface area contributed by atoms with Crippen LogP contribution in [-0.2, 0) is 14.3 Å². The van der Waals surface area contributed by atoms with E-state index < -0.39 is 30.4 Å². The lowest BCUT2D eigenvalue weighted by molar-refractivity contribution is -0.151. The number of rotatable bonds is 7. The number of hydrogen-bond donors (Lipinski definition) is 1. The number of carboxylic acids is 1. The third-order valence-corrected chi connectivity index (χ3v) is 1.75. The second-order valence-electron chi connectivity index (χ2n) is 3.05.